The number of hydrogen-bond acceptors (Lipinski definition) is 2. The second kappa shape index (κ2) is 6.24. The maximum Gasteiger partial charge on any atom is 0.206 e. The molecule has 0 spiro atoms. The topological polar surface area (TPSA) is 62.4 Å². The van der Waals surface area contributed by atoms with Gasteiger partial charge in [0, 0.05) is 6.04 Å². The predicted molar refractivity (Wildman–Crippen MR) is 71.6 cm³/mol. The van der Waals surface area contributed by atoms with Crippen LogP contribution in [0.3, 0.4) is 0 Å². The molecule has 4 heteroatoms. The Balaban J connectivity index is 1.90. The zero-order chi connectivity index (χ0) is 12.1. The van der Waals surface area contributed by atoms with E-state index in [4.69, 9.17) is 10.8 Å². The van der Waals surface area contributed by atoms with Crippen molar-refractivity contribution in [2.45, 2.75) is 70.4 Å². The molecule has 4 N–H and O–H groups in total. The molecule has 0 bridgehead atoms. The number of rotatable bonds is 2. The third-order valence-corrected chi connectivity index (χ3v) is 4.19. The molecule has 2 saturated carbocycles. The lowest BCUT2D eigenvalue weighted by molar-refractivity contribution is 0.331. The van der Waals surface area contributed by atoms with Gasteiger partial charge in [0.05, 0.1) is 6.04 Å². The predicted octanol–water partition coefficient (Wildman–Crippen LogP) is 1.92. The minimum Gasteiger partial charge on any atom is -0.353 e. The number of nitrogens with zero attached hydrogens (tertiary/aromatic N) is 1. The van der Waals surface area contributed by atoms with Gasteiger partial charge >= 0.3 is 0 Å². The monoisotopic (exact) mass is 238 g/mol. The van der Waals surface area contributed by atoms with E-state index in [-0.39, 0.29) is 0 Å². The zero-order valence-electron chi connectivity index (χ0n) is 10.9. The number of hydrogen-bond donors (Lipinski definition) is 3. The van der Waals surface area contributed by atoms with Crippen molar-refractivity contribution >= 4 is 5.96 Å². The van der Waals surface area contributed by atoms with Gasteiger partial charge in [0.2, 0.25) is 5.96 Å². The molecule has 2 aliphatic rings. The third-order valence-electron chi connectivity index (χ3n) is 4.19. The van der Waals surface area contributed by atoms with E-state index >= 15 is 0 Å². The summed E-state index contributed by atoms with van der Waals surface area (Å²) in [5.41, 5.74) is 2.74. The number of nitrogens with two attached hydrogens (primary N) is 1. The second-order valence-electron chi connectivity index (χ2n) is 5.58. The van der Waals surface area contributed by atoms with Gasteiger partial charge < -0.3 is 5.32 Å². The van der Waals surface area contributed by atoms with Crippen LogP contribution < -0.4 is 16.6 Å². The second-order valence-corrected chi connectivity index (χ2v) is 5.58. The summed E-state index contributed by atoms with van der Waals surface area (Å²) in [4.78, 5) is 4.77. The van der Waals surface area contributed by atoms with Gasteiger partial charge in [0.15, 0.2) is 0 Å². The lowest BCUT2D eigenvalue weighted by atomic mass is 9.86. The minimum absolute atomic E-state index is 0.448. The Morgan fingerprint density at radius 3 is 2.35 bits per heavy atom. The van der Waals surface area contributed by atoms with Crippen LogP contribution in [0.25, 0.3) is 0 Å². The van der Waals surface area contributed by atoms with E-state index in [1.165, 1.54) is 51.4 Å². The van der Waals surface area contributed by atoms with Gasteiger partial charge in [-0.25, -0.2) is 10.8 Å². The maximum atomic E-state index is 5.57. The Bertz CT molecular complexity index is 258. The SMILES string of the molecule is CC1CCCCC1N=C(NN)NC1CCCC1. The standard InChI is InChI=1S/C13H26N4/c1-10-6-2-5-9-12(10)16-13(17-14)15-11-7-3-4-8-11/h10-12H,2-9,14H2,1H3,(H2,15,16,17). The van der Waals surface area contributed by atoms with E-state index in [1.54, 1.807) is 0 Å². The van der Waals surface area contributed by atoms with Gasteiger partial charge in [-0.1, -0.05) is 32.6 Å². The molecule has 0 amide bonds. The normalized spacial score (nSPS) is 31.5. The molecule has 98 valence electrons. The number of guanidine groups is 1. The van der Waals surface area contributed by atoms with Crippen molar-refractivity contribution in [3.8, 4) is 0 Å². The summed E-state index contributed by atoms with van der Waals surface area (Å²) in [6.07, 6.45) is 10.3. The Hall–Kier alpha value is -0.770. The van der Waals surface area contributed by atoms with Gasteiger partial charge in [-0.05, 0) is 31.6 Å². The Kier molecular flexibility index (Phi) is 4.66. The fourth-order valence-electron chi connectivity index (χ4n) is 3.03. The van der Waals surface area contributed by atoms with Crippen LogP contribution in [0.5, 0.6) is 0 Å². The molecule has 17 heavy (non-hydrogen) atoms. The summed E-state index contributed by atoms with van der Waals surface area (Å²) in [5, 5.41) is 3.45. The van der Waals surface area contributed by atoms with Gasteiger partial charge in [-0.3, -0.25) is 5.43 Å². The first-order valence-electron chi connectivity index (χ1n) is 7.10. The summed E-state index contributed by atoms with van der Waals surface area (Å²) in [7, 11) is 0. The average Bonchev–Trinajstić information content (AvgIpc) is 2.84. The highest BCUT2D eigenvalue weighted by Crippen LogP contribution is 2.26. The van der Waals surface area contributed by atoms with Crippen LogP contribution in [-0.4, -0.2) is 18.0 Å². The van der Waals surface area contributed by atoms with Crippen LogP contribution in [-0.2, 0) is 0 Å². The largest absolute Gasteiger partial charge is 0.353 e. The van der Waals surface area contributed by atoms with Crippen LogP contribution in [0.15, 0.2) is 4.99 Å². The van der Waals surface area contributed by atoms with E-state index in [9.17, 15) is 0 Å². The Labute approximate surface area is 104 Å². The van der Waals surface area contributed by atoms with Crippen LogP contribution in [0.1, 0.15) is 58.3 Å². The summed E-state index contributed by atoms with van der Waals surface area (Å²) in [6, 6.07) is 1.02. The van der Waals surface area contributed by atoms with Gasteiger partial charge in [-0.15, -0.1) is 0 Å². The average molecular weight is 238 g/mol. The molecule has 0 aromatic carbocycles. The highest BCUT2D eigenvalue weighted by atomic mass is 15.3. The first kappa shape index (κ1) is 12.7. The van der Waals surface area contributed by atoms with Crippen molar-refractivity contribution in [3.63, 3.8) is 0 Å². The maximum absolute atomic E-state index is 5.57. The molecule has 2 fully saturated rings. The fourth-order valence-corrected chi connectivity index (χ4v) is 3.03. The van der Waals surface area contributed by atoms with E-state index in [0.29, 0.717) is 18.0 Å². The smallest absolute Gasteiger partial charge is 0.206 e. The summed E-state index contributed by atoms with van der Waals surface area (Å²) in [6.45, 7) is 2.30. The van der Waals surface area contributed by atoms with E-state index < -0.39 is 0 Å². The summed E-state index contributed by atoms with van der Waals surface area (Å²) < 4.78 is 0. The van der Waals surface area contributed by atoms with Gasteiger partial charge in [0.1, 0.15) is 0 Å². The van der Waals surface area contributed by atoms with Gasteiger partial charge in [0.25, 0.3) is 0 Å². The summed E-state index contributed by atoms with van der Waals surface area (Å²) in [5.74, 6) is 7.06. The highest BCUT2D eigenvalue weighted by Gasteiger charge is 2.22. The molecule has 0 heterocycles. The van der Waals surface area contributed by atoms with Crippen LogP contribution >= 0.6 is 0 Å². The molecule has 4 nitrogen and oxygen atoms in total. The number of hydrazine groups is 1. The first-order valence-corrected chi connectivity index (χ1v) is 7.10. The van der Waals surface area contributed by atoms with Crippen LogP contribution in [0.2, 0.25) is 0 Å². The molecule has 0 aromatic heterocycles. The van der Waals surface area contributed by atoms with E-state index in [2.05, 4.69) is 17.7 Å². The molecule has 2 aliphatic carbocycles. The molecule has 0 radical (unpaired) electrons. The molecule has 2 atom stereocenters. The fraction of sp³-hybridized carbons (Fsp3) is 0.923. The van der Waals surface area contributed by atoms with Crippen LogP contribution in [0, 0.1) is 5.92 Å². The lowest BCUT2D eigenvalue weighted by Gasteiger charge is -2.27. The minimum atomic E-state index is 0.448. The zero-order valence-corrected chi connectivity index (χ0v) is 10.9. The molecule has 2 unspecified atom stereocenters. The van der Waals surface area contributed by atoms with Crippen LogP contribution in [0.4, 0.5) is 0 Å². The lowest BCUT2D eigenvalue weighted by Crippen LogP contribution is -2.46. The van der Waals surface area contributed by atoms with Crippen molar-refractivity contribution in [2.24, 2.45) is 16.8 Å². The molecule has 0 aromatic rings. The molecule has 0 saturated heterocycles. The van der Waals surface area contributed by atoms with Crippen molar-refractivity contribution in [2.75, 3.05) is 0 Å². The van der Waals surface area contributed by atoms with E-state index in [1.807, 2.05) is 0 Å². The summed E-state index contributed by atoms with van der Waals surface area (Å²) >= 11 is 0. The molecule has 2 rings (SSSR count). The van der Waals surface area contributed by atoms with Crippen molar-refractivity contribution in [1.82, 2.24) is 10.7 Å². The Morgan fingerprint density at radius 2 is 1.71 bits per heavy atom. The van der Waals surface area contributed by atoms with Crippen molar-refractivity contribution < 1.29 is 0 Å². The van der Waals surface area contributed by atoms with E-state index in [0.717, 1.165) is 5.96 Å². The van der Waals surface area contributed by atoms with Crippen molar-refractivity contribution in [3.05, 3.63) is 0 Å². The molecular formula is C13H26N4. The Morgan fingerprint density at radius 1 is 1.06 bits per heavy atom. The third kappa shape index (κ3) is 3.60. The number of aliphatic imine (C=N–C) groups is 1. The number of nitrogens with one attached hydrogen (secondary N) is 2. The van der Waals surface area contributed by atoms with Crippen molar-refractivity contribution in [1.29, 1.82) is 0 Å². The molecule has 0 aliphatic heterocycles. The van der Waals surface area contributed by atoms with Gasteiger partial charge in [-0.2, -0.15) is 0 Å². The highest BCUT2D eigenvalue weighted by molar-refractivity contribution is 5.79. The first-order chi connectivity index (χ1) is 8.29. The quantitative estimate of drug-likeness (QED) is 0.298. The molecular weight excluding hydrogens is 212 g/mol.